The maximum Gasteiger partial charge on any atom is 0.338 e. The lowest BCUT2D eigenvalue weighted by Crippen LogP contribution is -2.30. The lowest BCUT2D eigenvalue weighted by Gasteiger charge is -2.15. The molecule has 0 spiro atoms. The molecule has 0 saturated heterocycles. The molecule has 8 nitrogen and oxygen atoms in total. The summed E-state index contributed by atoms with van der Waals surface area (Å²) in [5.41, 5.74) is 7.23. The Bertz CT molecular complexity index is 1770. The molecule has 0 aliphatic rings. The number of fused-ring (bicyclic) bond motifs is 1. The molecule has 0 saturated carbocycles. The number of methoxy groups -OCH3 is 2. The molecule has 1 N–H and O–H groups in total. The molecule has 42 heavy (non-hydrogen) atoms. The fourth-order valence-corrected chi connectivity index (χ4v) is 4.43. The predicted octanol–water partition coefficient (Wildman–Crippen LogP) is 6.78. The molecule has 1 amide bonds. The van der Waals surface area contributed by atoms with E-state index in [0.29, 0.717) is 28.1 Å². The summed E-state index contributed by atoms with van der Waals surface area (Å²) in [5, 5.41) is 2.80. The van der Waals surface area contributed by atoms with Crippen molar-refractivity contribution in [2.24, 2.45) is 0 Å². The second-order valence-electron chi connectivity index (χ2n) is 9.92. The van der Waals surface area contributed by atoms with Crippen LogP contribution in [-0.2, 0) is 9.53 Å². The zero-order valence-electron chi connectivity index (χ0n) is 24.1. The molecule has 0 radical (unpaired) electrons. The molecule has 0 aliphatic carbocycles. The third-order valence-electron chi connectivity index (χ3n) is 7.05. The van der Waals surface area contributed by atoms with Gasteiger partial charge in [0.25, 0.3) is 5.91 Å². The quantitative estimate of drug-likeness (QED) is 0.208. The van der Waals surface area contributed by atoms with E-state index in [1.54, 1.807) is 32.4 Å². The molecular formula is C34H31N3O5. The van der Waals surface area contributed by atoms with E-state index in [9.17, 15) is 9.59 Å². The van der Waals surface area contributed by atoms with Gasteiger partial charge in [-0.1, -0.05) is 6.07 Å². The second-order valence-corrected chi connectivity index (χ2v) is 9.92. The van der Waals surface area contributed by atoms with Gasteiger partial charge in [0.05, 0.1) is 42.2 Å². The van der Waals surface area contributed by atoms with E-state index >= 15 is 0 Å². The highest BCUT2D eigenvalue weighted by Gasteiger charge is 2.21. The normalized spacial score (nSPS) is 11.5. The zero-order chi connectivity index (χ0) is 29.8. The monoisotopic (exact) mass is 561 g/mol. The third-order valence-corrected chi connectivity index (χ3v) is 7.05. The van der Waals surface area contributed by atoms with Crippen LogP contribution in [0.3, 0.4) is 0 Å². The number of nitrogens with one attached hydrogen (secondary N) is 1. The van der Waals surface area contributed by atoms with Gasteiger partial charge >= 0.3 is 5.97 Å². The Kier molecular flexibility index (Phi) is 8.15. The summed E-state index contributed by atoms with van der Waals surface area (Å²) in [7, 11) is 3.23. The van der Waals surface area contributed by atoms with Gasteiger partial charge in [0.2, 0.25) is 0 Å². The third kappa shape index (κ3) is 6.07. The molecule has 212 valence electrons. The number of aromatic nitrogens is 2. The van der Waals surface area contributed by atoms with E-state index in [1.807, 2.05) is 80.6 Å². The van der Waals surface area contributed by atoms with Crippen LogP contribution in [0.15, 0.2) is 84.9 Å². The van der Waals surface area contributed by atoms with Gasteiger partial charge in [-0.25, -0.2) is 14.8 Å². The number of hydrogen-bond donors (Lipinski definition) is 1. The summed E-state index contributed by atoms with van der Waals surface area (Å²) < 4.78 is 16.1. The van der Waals surface area contributed by atoms with Crippen LogP contribution in [0.2, 0.25) is 0 Å². The van der Waals surface area contributed by atoms with Crippen LogP contribution >= 0.6 is 0 Å². The molecule has 1 atom stereocenters. The number of benzene rings is 4. The zero-order valence-corrected chi connectivity index (χ0v) is 24.1. The lowest BCUT2D eigenvalue weighted by molar-refractivity contribution is -0.123. The van der Waals surface area contributed by atoms with E-state index < -0.39 is 18.0 Å². The number of esters is 1. The Morgan fingerprint density at radius 2 is 1.26 bits per heavy atom. The highest BCUT2D eigenvalue weighted by Crippen LogP contribution is 2.33. The lowest BCUT2D eigenvalue weighted by atomic mass is 10.0. The number of rotatable bonds is 8. The minimum absolute atomic E-state index is 0.264. The minimum atomic E-state index is -1.01. The number of hydrogen-bond acceptors (Lipinski definition) is 7. The molecule has 5 rings (SSSR count). The Labute approximate surface area is 244 Å². The van der Waals surface area contributed by atoms with Crippen molar-refractivity contribution in [1.82, 2.24) is 9.97 Å². The molecule has 1 unspecified atom stereocenters. The van der Waals surface area contributed by atoms with Gasteiger partial charge in [0.1, 0.15) is 11.5 Å². The number of carbonyl (C=O) groups is 2. The average Bonchev–Trinajstić information content (AvgIpc) is 3.02. The highest BCUT2D eigenvalue weighted by atomic mass is 16.5. The van der Waals surface area contributed by atoms with Crippen molar-refractivity contribution in [3.05, 3.63) is 102 Å². The molecule has 0 aliphatic heterocycles. The van der Waals surface area contributed by atoms with E-state index in [0.717, 1.165) is 33.8 Å². The molecule has 0 bridgehead atoms. The van der Waals surface area contributed by atoms with Crippen LogP contribution in [-0.4, -0.2) is 42.2 Å². The maximum absolute atomic E-state index is 13.1. The first kappa shape index (κ1) is 28.3. The summed E-state index contributed by atoms with van der Waals surface area (Å²) in [6, 6.07) is 25.7. The number of nitrogens with zero attached hydrogens (tertiary/aromatic N) is 2. The van der Waals surface area contributed by atoms with Crippen molar-refractivity contribution in [2.45, 2.75) is 26.9 Å². The van der Waals surface area contributed by atoms with Gasteiger partial charge in [-0.2, -0.15) is 0 Å². The van der Waals surface area contributed by atoms with Gasteiger partial charge in [-0.3, -0.25) is 4.79 Å². The highest BCUT2D eigenvalue weighted by molar-refractivity contribution is 5.99. The number of anilines is 1. The van der Waals surface area contributed by atoms with Crippen molar-refractivity contribution in [3.8, 4) is 34.0 Å². The fourth-order valence-electron chi connectivity index (χ4n) is 4.43. The summed E-state index contributed by atoms with van der Waals surface area (Å²) in [6.45, 7) is 5.51. The topological polar surface area (TPSA) is 99.6 Å². The van der Waals surface area contributed by atoms with Crippen molar-refractivity contribution < 1.29 is 23.8 Å². The number of ether oxygens (including phenoxy) is 3. The van der Waals surface area contributed by atoms with Gasteiger partial charge in [-0.05, 0) is 111 Å². The Hall–Kier alpha value is -5.24. The number of aryl methyl sites for hydroxylation is 2. The summed E-state index contributed by atoms with van der Waals surface area (Å²) in [6.07, 6.45) is -1.01. The second kappa shape index (κ2) is 12.1. The smallest absolute Gasteiger partial charge is 0.338 e. The fraction of sp³-hybridized carbons (Fsp3) is 0.176. The van der Waals surface area contributed by atoms with Gasteiger partial charge in [0, 0.05) is 16.8 Å². The molecule has 5 aromatic rings. The summed E-state index contributed by atoms with van der Waals surface area (Å²) in [4.78, 5) is 35.6. The first-order valence-corrected chi connectivity index (χ1v) is 13.5. The summed E-state index contributed by atoms with van der Waals surface area (Å²) in [5.74, 6) is 0.405. The molecule has 4 aromatic carbocycles. The molecule has 0 fully saturated rings. The maximum atomic E-state index is 13.1. The van der Waals surface area contributed by atoms with Gasteiger partial charge < -0.3 is 19.5 Å². The van der Waals surface area contributed by atoms with Crippen molar-refractivity contribution >= 4 is 28.6 Å². The van der Waals surface area contributed by atoms with Crippen LogP contribution in [0.5, 0.6) is 11.5 Å². The van der Waals surface area contributed by atoms with Crippen LogP contribution in [0, 0.1) is 13.8 Å². The van der Waals surface area contributed by atoms with E-state index in [4.69, 9.17) is 24.2 Å². The van der Waals surface area contributed by atoms with Crippen LogP contribution in [0.1, 0.15) is 28.4 Å². The first-order valence-electron chi connectivity index (χ1n) is 13.5. The van der Waals surface area contributed by atoms with Crippen molar-refractivity contribution in [2.75, 3.05) is 19.5 Å². The van der Waals surface area contributed by atoms with Gasteiger partial charge in [-0.15, -0.1) is 0 Å². The molecule has 1 heterocycles. The van der Waals surface area contributed by atoms with Crippen LogP contribution < -0.4 is 14.8 Å². The van der Waals surface area contributed by atoms with Crippen LogP contribution in [0.4, 0.5) is 5.69 Å². The Morgan fingerprint density at radius 1 is 0.690 bits per heavy atom. The van der Waals surface area contributed by atoms with Crippen LogP contribution in [0.25, 0.3) is 33.5 Å². The standard InChI is InChI=1S/C34H31N3O5/c1-20-6-12-26(18-21(20)2)35-33(38)22(3)42-34(39)25-11-17-29-30(19-25)37-32(24-9-15-28(41-5)16-10-24)31(36-29)23-7-13-27(40-4)14-8-23/h6-19,22H,1-5H3,(H,35,38). The summed E-state index contributed by atoms with van der Waals surface area (Å²) >= 11 is 0. The molecule has 8 heteroatoms. The number of carbonyl (C=O) groups excluding carboxylic acids is 2. The van der Waals surface area contributed by atoms with Crippen molar-refractivity contribution in [1.29, 1.82) is 0 Å². The minimum Gasteiger partial charge on any atom is -0.497 e. The van der Waals surface area contributed by atoms with E-state index in [2.05, 4.69) is 5.32 Å². The largest absolute Gasteiger partial charge is 0.497 e. The molecule has 1 aromatic heterocycles. The number of amides is 1. The van der Waals surface area contributed by atoms with E-state index in [-0.39, 0.29) is 5.56 Å². The molecular weight excluding hydrogens is 530 g/mol. The predicted molar refractivity (Wildman–Crippen MR) is 163 cm³/mol. The first-order chi connectivity index (χ1) is 20.2. The Morgan fingerprint density at radius 3 is 1.81 bits per heavy atom. The van der Waals surface area contributed by atoms with Crippen molar-refractivity contribution in [3.63, 3.8) is 0 Å². The Balaban J connectivity index is 1.44. The van der Waals surface area contributed by atoms with E-state index in [1.165, 1.54) is 6.92 Å². The van der Waals surface area contributed by atoms with Gasteiger partial charge in [0.15, 0.2) is 6.10 Å². The average molecular weight is 562 g/mol. The SMILES string of the molecule is COc1ccc(-c2nc3ccc(C(=O)OC(C)C(=O)Nc4ccc(C)c(C)c4)cc3nc2-c2ccc(OC)cc2)cc1.